The molecule has 20 heavy (non-hydrogen) atoms. The SMILES string of the molecule is CC[C@@H](C)NC(=O)[C@@H]1CSCN1C(=O)c1ccc(Br)o1. The Morgan fingerprint density at radius 3 is 2.95 bits per heavy atom. The molecule has 0 aromatic carbocycles. The number of hydrogen-bond acceptors (Lipinski definition) is 4. The summed E-state index contributed by atoms with van der Waals surface area (Å²) in [6.07, 6.45) is 0.866. The summed E-state index contributed by atoms with van der Waals surface area (Å²) in [5, 5.41) is 2.93. The minimum atomic E-state index is -0.426. The molecular weight excluding hydrogens is 344 g/mol. The van der Waals surface area contributed by atoms with Crippen LogP contribution in [-0.2, 0) is 4.79 Å². The zero-order valence-electron chi connectivity index (χ0n) is 11.4. The monoisotopic (exact) mass is 360 g/mol. The van der Waals surface area contributed by atoms with Crippen molar-refractivity contribution in [3.8, 4) is 0 Å². The van der Waals surface area contributed by atoms with Crippen LogP contribution < -0.4 is 5.32 Å². The second kappa shape index (κ2) is 6.67. The summed E-state index contributed by atoms with van der Waals surface area (Å²) in [7, 11) is 0. The lowest BCUT2D eigenvalue weighted by Gasteiger charge is -2.23. The Hall–Kier alpha value is -0.950. The Labute approximate surface area is 130 Å². The Balaban J connectivity index is 2.07. The van der Waals surface area contributed by atoms with Crippen LogP contribution in [0.1, 0.15) is 30.8 Å². The number of hydrogen-bond donors (Lipinski definition) is 1. The van der Waals surface area contributed by atoms with Gasteiger partial charge in [-0.2, -0.15) is 0 Å². The summed E-state index contributed by atoms with van der Waals surface area (Å²) in [6.45, 7) is 3.97. The lowest BCUT2D eigenvalue weighted by molar-refractivity contribution is -0.125. The van der Waals surface area contributed by atoms with E-state index in [1.165, 1.54) is 0 Å². The third kappa shape index (κ3) is 3.38. The Kier molecular flexibility index (Phi) is 5.15. The van der Waals surface area contributed by atoms with E-state index in [1.807, 2.05) is 13.8 Å². The third-order valence-corrected chi connectivity index (χ3v) is 4.67. The Morgan fingerprint density at radius 2 is 2.35 bits per heavy atom. The fraction of sp³-hybridized carbons (Fsp3) is 0.538. The van der Waals surface area contributed by atoms with Crippen molar-refractivity contribution < 1.29 is 14.0 Å². The molecule has 2 heterocycles. The van der Waals surface area contributed by atoms with Gasteiger partial charge in [0.15, 0.2) is 10.4 Å². The first-order chi connectivity index (χ1) is 9.52. The van der Waals surface area contributed by atoms with E-state index in [9.17, 15) is 9.59 Å². The van der Waals surface area contributed by atoms with E-state index >= 15 is 0 Å². The molecule has 0 radical (unpaired) electrons. The molecule has 1 aliphatic rings. The van der Waals surface area contributed by atoms with Gasteiger partial charge in [0, 0.05) is 11.8 Å². The van der Waals surface area contributed by atoms with Crippen molar-refractivity contribution in [2.75, 3.05) is 11.6 Å². The van der Waals surface area contributed by atoms with Crippen molar-refractivity contribution >= 4 is 39.5 Å². The number of halogens is 1. The molecule has 0 unspecified atom stereocenters. The standard InChI is InChI=1S/C13H17BrN2O3S/c1-3-8(2)15-12(17)9-6-20-7-16(9)13(18)10-4-5-11(14)19-10/h4-5,8-9H,3,6-7H2,1-2H3,(H,15,17)/t8-,9+/m1/s1. The summed E-state index contributed by atoms with van der Waals surface area (Å²) in [6, 6.07) is 2.97. The topological polar surface area (TPSA) is 62.6 Å². The highest BCUT2D eigenvalue weighted by molar-refractivity contribution is 9.10. The van der Waals surface area contributed by atoms with E-state index in [2.05, 4.69) is 21.2 Å². The normalized spacial score (nSPS) is 19.9. The molecule has 1 N–H and O–H groups in total. The van der Waals surface area contributed by atoms with Gasteiger partial charge < -0.3 is 14.6 Å². The summed E-state index contributed by atoms with van der Waals surface area (Å²) in [5.41, 5.74) is 0. The molecule has 2 rings (SSSR count). The van der Waals surface area contributed by atoms with Crippen LogP contribution in [0.2, 0.25) is 0 Å². The van der Waals surface area contributed by atoms with Gasteiger partial charge in [-0.15, -0.1) is 11.8 Å². The van der Waals surface area contributed by atoms with Crippen LogP contribution in [0.5, 0.6) is 0 Å². The number of nitrogens with one attached hydrogen (secondary N) is 1. The number of thioether (sulfide) groups is 1. The summed E-state index contributed by atoms with van der Waals surface area (Å²) >= 11 is 4.75. The highest BCUT2D eigenvalue weighted by Crippen LogP contribution is 2.25. The molecular formula is C13H17BrN2O3S. The maximum Gasteiger partial charge on any atom is 0.291 e. The zero-order chi connectivity index (χ0) is 14.7. The van der Waals surface area contributed by atoms with Crippen molar-refractivity contribution in [1.29, 1.82) is 0 Å². The van der Waals surface area contributed by atoms with Gasteiger partial charge in [-0.1, -0.05) is 6.92 Å². The van der Waals surface area contributed by atoms with E-state index in [-0.39, 0.29) is 23.6 Å². The highest BCUT2D eigenvalue weighted by Gasteiger charge is 2.36. The van der Waals surface area contributed by atoms with E-state index in [0.29, 0.717) is 16.3 Å². The van der Waals surface area contributed by atoms with Crippen molar-refractivity contribution in [3.05, 3.63) is 22.6 Å². The lowest BCUT2D eigenvalue weighted by Crippen LogP contribution is -2.49. The van der Waals surface area contributed by atoms with Crippen LogP contribution in [-0.4, -0.2) is 40.4 Å². The first kappa shape index (κ1) is 15.4. The predicted octanol–water partition coefficient (Wildman–Crippen LogP) is 2.47. The molecule has 0 bridgehead atoms. The first-order valence-corrected chi connectivity index (χ1v) is 8.42. The van der Waals surface area contributed by atoms with E-state index in [0.717, 1.165) is 6.42 Å². The van der Waals surface area contributed by atoms with Crippen molar-refractivity contribution in [2.24, 2.45) is 0 Å². The molecule has 0 saturated carbocycles. The molecule has 7 heteroatoms. The zero-order valence-corrected chi connectivity index (χ0v) is 13.8. The van der Waals surface area contributed by atoms with Gasteiger partial charge in [0.25, 0.3) is 5.91 Å². The Bertz CT molecular complexity index is 506. The van der Waals surface area contributed by atoms with Gasteiger partial charge in [-0.05, 0) is 41.4 Å². The van der Waals surface area contributed by atoms with Crippen LogP contribution >= 0.6 is 27.7 Å². The second-order valence-electron chi connectivity index (χ2n) is 4.71. The minimum Gasteiger partial charge on any atom is -0.444 e. The maximum atomic E-state index is 12.3. The smallest absolute Gasteiger partial charge is 0.291 e. The molecule has 1 aromatic heterocycles. The van der Waals surface area contributed by atoms with Gasteiger partial charge in [0.2, 0.25) is 5.91 Å². The van der Waals surface area contributed by atoms with Gasteiger partial charge in [0.1, 0.15) is 6.04 Å². The number of amides is 2. The number of nitrogens with zero attached hydrogens (tertiary/aromatic N) is 1. The van der Waals surface area contributed by atoms with E-state index in [4.69, 9.17) is 4.42 Å². The van der Waals surface area contributed by atoms with Gasteiger partial charge in [-0.3, -0.25) is 9.59 Å². The second-order valence-corrected chi connectivity index (χ2v) is 6.49. The number of furan rings is 1. The number of carbonyl (C=O) groups excluding carboxylic acids is 2. The summed E-state index contributed by atoms with van der Waals surface area (Å²) < 4.78 is 5.78. The van der Waals surface area contributed by atoms with Crippen molar-refractivity contribution in [1.82, 2.24) is 10.2 Å². The van der Waals surface area contributed by atoms with Crippen molar-refractivity contribution in [2.45, 2.75) is 32.4 Å². The average molecular weight is 361 g/mol. The molecule has 0 spiro atoms. The average Bonchev–Trinajstić information content (AvgIpc) is 3.06. The highest BCUT2D eigenvalue weighted by atomic mass is 79.9. The molecule has 1 saturated heterocycles. The summed E-state index contributed by atoms with van der Waals surface area (Å²) in [4.78, 5) is 26.1. The fourth-order valence-electron chi connectivity index (χ4n) is 1.87. The van der Waals surface area contributed by atoms with E-state index in [1.54, 1.807) is 28.8 Å². The lowest BCUT2D eigenvalue weighted by atomic mass is 10.2. The molecule has 2 atom stereocenters. The quantitative estimate of drug-likeness (QED) is 0.895. The Morgan fingerprint density at radius 1 is 1.60 bits per heavy atom. The number of rotatable bonds is 4. The molecule has 5 nitrogen and oxygen atoms in total. The van der Waals surface area contributed by atoms with Gasteiger partial charge in [-0.25, -0.2) is 0 Å². The molecule has 1 aromatic rings. The van der Waals surface area contributed by atoms with Crippen LogP contribution in [0, 0.1) is 0 Å². The maximum absolute atomic E-state index is 12.3. The van der Waals surface area contributed by atoms with Crippen LogP contribution in [0.25, 0.3) is 0 Å². The van der Waals surface area contributed by atoms with Gasteiger partial charge >= 0.3 is 0 Å². The van der Waals surface area contributed by atoms with Crippen LogP contribution in [0.15, 0.2) is 21.2 Å². The fourth-order valence-corrected chi connectivity index (χ4v) is 3.33. The van der Waals surface area contributed by atoms with Crippen LogP contribution in [0.4, 0.5) is 0 Å². The third-order valence-electron chi connectivity index (χ3n) is 3.23. The molecule has 1 aliphatic heterocycles. The molecule has 1 fully saturated rings. The molecule has 2 amide bonds. The first-order valence-electron chi connectivity index (χ1n) is 6.47. The summed E-state index contributed by atoms with van der Waals surface area (Å²) in [5.74, 6) is 1.04. The largest absolute Gasteiger partial charge is 0.444 e. The molecule has 110 valence electrons. The predicted molar refractivity (Wildman–Crippen MR) is 81.6 cm³/mol. The minimum absolute atomic E-state index is 0.0941. The number of carbonyl (C=O) groups is 2. The van der Waals surface area contributed by atoms with Crippen molar-refractivity contribution in [3.63, 3.8) is 0 Å². The van der Waals surface area contributed by atoms with Crippen LogP contribution in [0.3, 0.4) is 0 Å². The van der Waals surface area contributed by atoms with E-state index < -0.39 is 6.04 Å². The molecule has 0 aliphatic carbocycles. The van der Waals surface area contributed by atoms with Gasteiger partial charge in [0.05, 0.1) is 5.88 Å².